The summed E-state index contributed by atoms with van der Waals surface area (Å²) in [6, 6.07) is 11.9. The van der Waals surface area contributed by atoms with E-state index < -0.39 is 0 Å². The predicted octanol–water partition coefficient (Wildman–Crippen LogP) is 4.05. The van der Waals surface area contributed by atoms with Gasteiger partial charge in [0.25, 0.3) is 5.91 Å². The number of halogens is 1. The number of benzene rings is 1. The second kappa shape index (κ2) is 9.64. The Hall–Kier alpha value is -1.78. The number of hydrogen-bond donors (Lipinski definition) is 2. The number of carbonyl (C=O) groups is 1. The van der Waals surface area contributed by atoms with Gasteiger partial charge in [-0.15, -0.1) is 12.4 Å². The first-order valence-electron chi connectivity index (χ1n) is 8.94. The van der Waals surface area contributed by atoms with Crippen molar-refractivity contribution in [3.8, 4) is 11.3 Å². The van der Waals surface area contributed by atoms with Gasteiger partial charge in [0.2, 0.25) is 0 Å². The number of amides is 1. The van der Waals surface area contributed by atoms with E-state index in [0.717, 1.165) is 37.3 Å². The van der Waals surface area contributed by atoms with Gasteiger partial charge in [-0.2, -0.15) is 0 Å². The van der Waals surface area contributed by atoms with Crippen molar-refractivity contribution in [2.45, 2.75) is 32.6 Å². The minimum absolute atomic E-state index is 0. The molecule has 1 fully saturated rings. The van der Waals surface area contributed by atoms with Gasteiger partial charge < -0.3 is 15.1 Å². The molecule has 2 aromatic rings. The average molecular weight is 363 g/mol. The van der Waals surface area contributed by atoms with Crippen LogP contribution in [0.15, 0.2) is 40.8 Å². The summed E-state index contributed by atoms with van der Waals surface area (Å²) in [5, 5.41) is 6.37. The average Bonchev–Trinajstić information content (AvgIpc) is 3.13. The molecule has 2 heterocycles. The lowest BCUT2D eigenvalue weighted by Gasteiger charge is -2.22. The number of hydrogen-bond acceptors (Lipinski definition) is 3. The molecule has 3 rings (SSSR count). The SMILES string of the molecule is CCc1ccc(-c2ccc(C(=O)NCCC3CCCNC3)o2)cc1.Cl. The van der Waals surface area contributed by atoms with Crippen LogP contribution in [0, 0.1) is 5.92 Å². The Morgan fingerprint density at radius 1 is 1.24 bits per heavy atom. The van der Waals surface area contributed by atoms with Crippen LogP contribution in [0.1, 0.15) is 42.3 Å². The summed E-state index contributed by atoms with van der Waals surface area (Å²) in [6.45, 7) is 5.02. The summed E-state index contributed by atoms with van der Waals surface area (Å²) in [5.41, 5.74) is 2.29. The highest BCUT2D eigenvalue weighted by atomic mass is 35.5. The van der Waals surface area contributed by atoms with E-state index in [1.807, 2.05) is 18.2 Å². The molecule has 1 saturated heterocycles. The van der Waals surface area contributed by atoms with Gasteiger partial charge in [0.15, 0.2) is 5.76 Å². The zero-order valence-electron chi connectivity index (χ0n) is 14.7. The molecule has 1 aromatic heterocycles. The fourth-order valence-corrected chi connectivity index (χ4v) is 3.17. The third-order valence-electron chi connectivity index (χ3n) is 4.71. The van der Waals surface area contributed by atoms with Gasteiger partial charge in [-0.05, 0) is 62.4 Å². The lowest BCUT2D eigenvalue weighted by atomic mass is 9.96. The molecule has 1 unspecified atom stereocenters. The summed E-state index contributed by atoms with van der Waals surface area (Å²) in [4.78, 5) is 12.2. The van der Waals surface area contributed by atoms with E-state index in [-0.39, 0.29) is 18.3 Å². The third-order valence-corrected chi connectivity index (χ3v) is 4.71. The molecule has 1 aliphatic heterocycles. The van der Waals surface area contributed by atoms with Gasteiger partial charge in [0.1, 0.15) is 5.76 Å². The monoisotopic (exact) mass is 362 g/mol. The second-order valence-corrected chi connectivity index (χ2v) is 6.47. The lowest BCUT2D eigenvalue weighted by molar-refractivity contribution is 0.0924. The van der Waals surface area contributed by atoms with Gasteiger partial charge in [0.05, 0.1) is 0 Å². The minimum Gasteiger partial charge on any atom is -0.451 e. The van der Waals surface area contributed by atoms with Crippen molar-refractivity contribution >= 4 is 18.3 Å². The number of nitrogens with one attached hydrogen (secondary N) is 2. The van der Waals surface area contributed by atoms with Crippen LogP contribution in [0.4, 0.5) is 0 Å². The fourth-order valence-electron chi connectivity index (χ4n) is 3.17. The molecule has 4 nitrogen and oxygen atoms in total. The molecule has 0 aliphatic carbocycles. The topological polar surface area (TPSA) is 54.3 Å². The molecular formula is C20H27ClN2O2. The molecule has 1 aromatic carbocycles. The Morgan fingerprint density at radius 2 is 2.04 bits per heavy atom. The molecule has 5 heteroatoms. The van der Waals surface area contributed by atoms with Crippen molar-refractivity contribution in [2.24, 2.45) is 5.92 Å². The Morgan fingerprint density at radius 3 is 2.72 bits per heavy atom. The summed E-state index contributed by atoms with van der Waals surface area (Å²) >= 11 is 0. The number of carbonyl (C=O) groups excluding carboxylic acids is 1. The van der Waals surface area contributed by atoms with Gasteiger partial charge in [-0.3, -0.25) is 4.79 Å². The van der Waals surface area contributed by atoms with E-state index in [9.17, 15) is 4.79 Å². The molecule has 0 saturated carbocycles. The third kappa shape index (κ3) is 5.35. The normalized spacial score (nSPS) is 16.9. The van der Waals surface area contributed by atoms with Crippen LogP contribution in [0.5, 0.6) is 0 Å². The lowest BCUT2D eigenvalue weighted by Crippen LogP contribution is -2.33. The molecule has 1 atom stereocenters. The summed E-state index contributed by atoms with van der Waals surface area (Å²) < 4.78 is 5.72. The Balaban J connectivity index is 0.00000225. The largest absolute Gasteiger partial charge is 0.451 e. The Kier molecular flexibility index (Phi) is 7.53. The zero-order chi connectivity index (χ0) is 16.8. The summed E-state index contributed by atoms with van der Waals surface area (Å²) in [6.07, 6.45) is 4.52. The van der Waals surface area contributed by atoms with E-state index in [4.69, 9.17) is 4.42 Å². The standard InChI is InChI=1S/C20H26N2O2.ClH/c1-2-15-5-7-17(8-6-15)18-9-10-19(24-18)20(23)22-13-11-16-4-3-12-21-14-16;/h5-10,16,21H,2-4,11-14H2,1H3,(H,22,23);1H. The van der Waals surface area contributed by atoms with Crippen LogP contribution in [0.3, 0.4) is 0 Å². The van der Waals surface area contributed by atoms with Crippen molar-refractivity contribution in [3.63, 3.8) is 0 Å². The molecule has 0 spiro atoms. The van der Waals surface area contributed by atoms with Crippen molar-refractivity contribution < 1.29 is 9.21 Å². The van der Waals surface area contributed by atoms with Gasteiger partial charge >= 0.3 is 0 Å². The highest BCUT2D eigenvalue weighted by molar-refractivity contribution is 5.92. The Labute approximate surface area is 155 Å². The molecular weight excluding hydrogens is 336 g/mol. The number of rotatable bonds is 6. The second-order valence-electron chi connectivity index (χ2n) is 6.47. The van der Waals surface area contributed by atoms with Crippen LogP contribution in [-0.2, 0) is 6.42 Å². The molecule has 136 valence electrons. The van der Waals surface area contributed by atoms with E-state index >= 15 is 0 Å². The van der Waals surface area contributed by atoms with Gasteiger partial charge in [-0.1, -0.05) is 31.2 Å². The van der Waals surface area contributed by atoms with E-state index in [0.29, 0.717) is 18.2 Å². The first kappa shape index (κ1) is 19.5. The maximum absolute atomic E-state index is 12.2. The Bertz CT molecular complexity index is 661. The van der Waals surface area contributed by atoms with E-state index in [1.54, 1.807) is 6.07 Å². The highest BCUT2D eigenvalue weighted by Crippen LogP contribution is 2.23. The number of aryl methyl sites for hydroxylation is 1. The quantitative estimate of drug-likeness (QED) is 0.815. The van der Waals surface area contributed by atoms with Crippen molar-refractivity contribution in [1.29, 1.82) is 0 Å². The van der Waals surface area contributed by atoms with Crippen LogP contribution in [0.25, 0.3) is 11.3 Å². The summed E-state index contributed by atoms with van der Waals surface area (Å²) in [7, 11) is 0. The maximum atomic E-state index is 12.2. The van der Waals surface area contributed by atoms with Crippen LogP contribution in [0.2, 0.25) is 0 Å². The first-order chi connectivity index (χ1) is 11.8. The van der Waals surface area contributed by atoms with Crippen molar-refractivity contribution in [2.75, 3.05) is 19.6 Å². The number of furan rings is 1. The van der Waals surface area contributed by atoms with Gasteiger partial charge in [0, 0.05) is 12.1 Å². The maximum Gasteiger partial charge on any atom is 0.287 e. The predicted molar refractivity (Wildman–Crippen MR) is 103 cm³/mol. The van der Waals surface area contributed by atoms with Gasteiger partial charge in [-0.25, -0.2) is 0 Å². The van der Waals surface area contributed by atoms with E-state index in [1.165, 1.54) is 18.4 Å². The molecule has 1 amide bonds. The molecule has 2 N–H and O–H groups in total. The molecule has 25 heavy (non-hydrogen) atoms. The summed E-state index contributed by atoms with van der Waals surface area (Å²) in [5.74, 6) is 1.66. The zero-order valence-corrected chi connectivity index (χ0v) is 15.5. The molecule has 0 radical (unpaired) electrons. The fraction of sp³-hybridized carbons (Fsp3) is 0.450. The minimum atomic E-state index is -0.129. The van der Waals surface area contributed by atoms with E-state index in [2.05, 4.69) is 29.7 Å². The highest BCUT2D eigenvalue weighted by Gasteiger charge is 2.15. The van der Waals surface area contributed by atoms with Crippen molar-refractivity contribution in [3.05, 3.63) is 47.7 Å². The smallest absolute Gasteiger partial charge is 0.287 e. The number of piperidine rings is 1. The van der Waals surface area contributed by atoms with Crippen LogP contribution in [-0.4, -0.2) is 25.5 Å². The van der Waals surface area contributed by atoms with Crippen LogP contribution >= 0.6 is 12.4 Å². The first-order valence-corrected chi connectivity index (χ1v) is 8.94. The molecule has 1 aliphatic rings. The van der Waals surface area contributed by atoms with Crippen molar-refractivity contribution in [1.82, 2.24) is 10.6 Å². The van der Waals surface area contributed by atoms with Crippen LogP contribution < -0.4 is 10.6 Å². The molecule has 0 bridgehead atoms.